The molecule has 1 saturated heterocycles. The molecule has 0 aliphatic carbocycles. The van der Waals surface area contributed by atoms with Gasteiger partial charge in [0.25, 0.3) is 0 Å². The number of esters is 1. The Kier molecular flexibility index (Phi) is 4.68. The molecule has 0 radical (unpaired) electrons. The number of aromatic nitrogens is 1. The quantitative estimate of drug-likeness (QED) is 0.813. The third-order valence-electron chi connectivity index (χ3n) is 3.62. The van der Waals surface area contributed by atoms with Gasteiger partial charge >= 0.3 is 5.97 Å². The van der Waals surface area contributed by atoms with Gasteiger partial charge in [-0.25, -0.2) is 4.79 Å². The van der Waals surface area contributed by atoms with Gasteiger partial charge in [0.15, 0.2) is 0 Å². The molecule has 1 aromatic rings. The van der Waals surface area contributed by atoms with Gasteiger partial charge in [-0.15, -0.1) is 0 Å². The summed E-state index contributed by atoms with van der Waals surface area (Å²) in [6, 6.07) is 3.54. The van der Waals surface area contributed by atoms with E-state index in [1.165, 1.54) is 13.3 Å². The first-order chi connectivity index (χ1) is 9.60. The molecule has 2 rings (SSSR count). The molecule has 2 heterocycles. The van der Waals surface area contributed by atoms with Crippen LogP contribution in [0.2, 0.25) is 0 Å². The van der Waals surface area contributed by atoms with E-state index in [0.29, 0.717) is 12.1 Å². The Morgan fingerprint density at radius 2 is 2.10 bits per heavy atom. The summed E-state index contributed by atoms with van der Waals surface area (Å²) in [7, 11) is 1.35. The third-order valence-corrected chi connectivity index (χ3v) is 3.62. The van der Waals surface area contributed by atoms with Gasteiger partial charge in [-0.2, -0.15) is 0 Å². The SMILES string of the molecule is COC(=O)c1ccc(CN2CCC(C(N)=O)CC2)nc1. The van der Waals surface area contributed by atoms with Gasteiger partial charge in [0.2, 0.25) is 5.91 Å². The van der Waals surface area contributed by atoms with Crippen molar-refractivity contribution in [3.05, 3.63) is 29.6 Å². The second kappa shape index (κ2) is 6.47. The molecular weight excluding hydrogens is 258 g/mol. The van der Waals surface area contributed by atoms with Crippen molar-refractivity contribution in [1.82, 2.24) is 9.88 Å². The first kappa shape index (κ1) is 14.5. The molecule has 6 nitrogen and oxygen atoms in total. The lowest BCUT2D eigenvalue weighted by molar-refractivity contribution is -0.123. The number of rotatable bonds is 4. The number of carbonyl (C=O) groups is 2. The molecule has 20 heavy (non-hydrogen) atoms. The highest BCUT2D eigenvalue weighted by atomic mass is 16.5. The predicted octanol–water partition coefficient (Wildman–Crippen LogP) is 0.565. The molecular formula is C14H19N3O3. The highest BCUT2D eigenvalue weighted by Gasteiger charge is 2.23. The highest BCUT2D eigenvalue weighted by Crippen LogP contribution is 2.18. The number of carbonyl (C=O) groups excluding carboxylic acids is 2. The molecule has 0 aromatic carbocycles. The minimum atomic E-state index is -0.383. The highest BCUT2D eigenvalue weighted by molar-refractivity contribution is 5.88. The number of hydrogen-bond acceptors (Lipinski definition) is 5. The van der Waals surface area contributed by atoms with E-state index in [9.17, 15) is 9.59 Å². The summed E-state index contributed by atoms with van der Waals surface area (Å²) in [5, 5.41) is 0. The summed E-state index contributed by atoms with van der Waals surface area (Å²) >= 11 is 0. The lowest BCUT2D eigenvalue weighted by Gasteiger charge is -2.30. The van der Waals surface area contributed by atoms with Crippen LogP contribution in [0.1, 0.15) is 28.9 Å². The van der Waals surface area contributed by atoms with Gasteiger partial charge in [-0.3, -0.25) is 14.7 Å². The number of amides is 1. The summed E-state index contributed by atoms with van der Waals surface area (Å²) < 4.78 is 4.63. The number of piperidine rings is 1. The Bertz CT molecular complexity index is 479. The van der Waals surface area contributed by atoms with Crippen molar-refractivity contribution >= 4 is 11.9 Å². The third kappa shape index (κ3) is 3.54. The zero-order valence-electron chi connectivity index (χ0n) is 11.5. The van der Waals surface area contributed by atoms with Gasteiger partial charge in [-0.05, 0) is 38.1 Å². The van der Waals surface area contributed by atoms with Crippen molar-refractivity contribution in [1.29, 1.82) is 0 Å². The van der Waals surface area contributed by atoms with Crippen LogP contribution >= 0.6 is 0 Å². The van der Waals surface area contributed by atoms with Gasteiger partial charge in [0, 0.05) is 18.7 Å². The fourth-order valence-electron chi connectivity index (χ4n) is 2.36. The molecule has 0 atom stereocenters. The van der Waals surface area contributed by atoms with Crippen LogP contribution in [0.25, 0.3) is 0 Å². The van der Waals surface area contributed by atoms with E-state index in [1.54, 1.807) is 6.07 Å². The molecule has 1 amide bonds. The molecule has 0 spiro atoms. The second-order valence-corrected chi connectivity index (χ2v) is 4.98. The average molecular weight is 277 g/mol. The average Bonchev–Trinajstić information content (AvgIpc) is 2.48. The number of likely N-dealkylation sites (tertiary alicyclic amines) is 1. The first-order valence-corrected chi connectivity index (χ1v) is 6.65. The van der Waals surface area contributed by atoms with E-state index in [1.807, 2.05) is 6.07 Å². The van der Waals surface area contributed by atoms with Crippen LogP contribution in [-0.2, 0) is 16.1 Å². The molecule has 0 unspecified atom stereocenters. The van der Waals surface area contributed by atoms with Crippen LogP contribution in [0, 0.1) is 5.92 Å². The maximum absolute atomic E-state index is 11.3. The van der Waals surface area contributed by atoms with E-state index in [2.05, 4.69) is 14.6 Å². The van der Waals surface area contributed by atoms with Gasteiger partial charge in [0.05, 0.1) is 18.4 Å². The van der Waals surface area contributed by atoms with Crippen LogP contribution in [0.5, 0.6) is 0 Å². The molecule has 0 saturated carbocycles. The Morgan fingerprint density at radius 3 is 2.60 bits per heavy atom. The number of nitrogens with two attached hydrogens (primary N) is 1. The minimum absolute atomic E-state index is 0.000842. The van der Waals surface area contributed by atoms with E-state index in [4.69, 9.17) is 5.73 Å². The largest absolute Gasteiger partial charge is 0.465 e. The fourth-order valence-corrected chi connectivity index (χ4v) is 2.36. The molecule has 1 fully saturated rings. The van der Waals surface area contributed by atoms with E-state index < -0.39 is 0 Å². The number of ether oxygens (including phenoxy) is 1. The number of nitrogens with zero attached hydrogens (tertiary/aromatic N) is 2. The van der Waals surface area contributed by atoms with Crippen molar-refractivity contribution in [2.45, 2.75) is 19.4 Å². The van der Waals surface area contributed by atoms with Crippen molar-refractivity contribution in [2.24, 2.45) is 11.7 Å². The topological polar surface area (TPSA) is 85.5 Å². The normalized spacial score (nSPS) is 16.9. The molecule has 1 aliphatic heterocycles. The zero-order chi connectivity index (χ0) is 14.5. The van der Waals surface area contributed by atoms with E-state index >= 15 is 0 Å². The van der Waals surface area contributed by atoms with Gasteiger partial charge in [0.1, 0.15) is 0 Å². The van der Waals surface area contributed by atoms with Crippen molar-refractivity contribution in [3.63, 3.8) is 0 Å². The fraction of sp³-hybridized carbons (Fsp3) is 0.500. The smallest absolute Gasteiger partial charge is 0.339 e. The maximum Gasteiger partial charge on any atom is 0.339 e. The summed E-state index contributed by atoms with van der Waals surface area (Å²) in [6.45, 7) is 2.40. The monoisotopic (exact) mass is 277 g/mol. The van der Waals surface area contributed by atoms with Crippen molar-refractivity contribution < 1.29 is 14.3 Å². The van der Waals surface area contributed by atoms with Crippen LogP contribution in [0.3, 0.4) is 0 Å². The molecule has 108 valence electrons. The number of pyridine rings is 1. The Morgan fingerprint density at radius 1 is 1.40 bits per heavy atom. The van der Waals surface area contributed by atoms with Crippen molar-refractivity contribution in [2.75, 3.05) is 20.2 Å². The molecule has 1 aromatic heterocycles. The van der Waals surface area contributed by atoms with Crippen LogP contribution in [-0.4, -0.2) is 42.0 Å². The lowest BCUT2D eigenvalue weighted by Crippen LogP contribution is -2.38. The van der Waals surface area contributed by atoms with Crippen LogP contribution in [0.15, 0.2) is 18.3 Å². The van der Waals surface area contributed by atoms with E-state index in [0.717, 1.165) is 31.6 Å². The second-order valence-electron chi connectivity index (χ2n) is 4.98. The summed E-state index contributed by atoms with van der Waals surface area (Å²) in [5.41, 5.74) is 6.66. The lowest BCUT2D eigenvalue weighted by atomic mass is 9.96. The van der Waals surface area contributed by atoms with Crippen LogP contribution in [0.4, 0.5) is 0 Å². The minimum Gasteiger partial charge on any atom is -0.465 e. The van der Waals surface area contributed by atoms with Crippen molar-refractivity contribution in [3.8, 4) is 0 Å². The predicted molar refractivity (Wildman–Crippen MR) is 72.8 cm³/mol. The van der Waals surface area contributed by atoms with Gasteiger partial charge in [-0.1, -0.05) is 0 Å². The summed E-state index contributed by atoms with van der Waals surface area (Å²) in [6.07, 6.45) is 3.13. The molecule has 6 heteroatoms. The molecule has 1 aliphatic rings. The summed E-state index contributed by atoms with van der Waals surface area (Å²) in [4.78, 5) is 28.9. The number of methoxy groups -OCH3 is 1. The van der Waals surface area contributed by atoms with E-state index in [-0.39, 0.29) is 17.8 Å². The number of primary amides is 1. The molecule has 0 bridgehead atoms. The Labute approximate surface area is 117 Å². The van der Waals surface area contributed by atoms with Gasteiger partial charge < -0.3 is 10.5 Å². The Balaban J connectivity index is 1.88. The standard InChI is InChI=1S/C14H19N3O3/c1-20-14(19)11-2-3-12(16-8-11)9-17-6-4-10(5-7-17)13(15)18/h2-3,8,10H,4-7,9H2,1H3,(H2,15,18). The first-order valence-electron chi connectivity index (χ1n) is 6.65. The Hall–Kier alpha value is -1.95. The zero-order valence-corrected chi connectivity index (χ0v) is 11.5. The van der Waals surface area contributed by atoms with Crippen LogP contribution < -0.4 is 5.73 Å². The molecule has 2 N–H and O–H groups in total. The summed E-state index contributed by atoms with van der Waals surface area (Å²) in [5.74, 6) is -0.586. The number of hydrogen-bond donors (Lipinski definition) is 1. The maximum atomic E-state index is 11.3.